The van der Waals surface area contributed by atoms with Crippen LogP contribution in [0.3, 0.4) is 0 Å². The molecule has 0 amide bonds. The highest BCUT2D eigenvalue weighted by molar-refractivity contribution is 5.75. The highest BCUT2D eigenvalue weighted by Crippen LogP contribution is 2.32. The van der Waals surface area contributed by atoms with Crippen LogP contribution in [0.25, 0.3) is 0 Å². The van der Waals surface area contributed by atoms with Crippen LogP contribution >= 0.6 is 0 Å². The van der Waals surface area contributed by atoms with E-state index in [9.17, 15) is 10.1 Å². The van der Waals surface area contributed by atoms with E-state index >= 15 is 0 Å². The summed E-state index contributed by atoms with van der Waals surface area (Å²) < 4.78 is 0. The van der Waals surface area contributed by atoms with Gasteiger partial charge in [-0.05, 0) is 44.9 Å². The molecule has 2 N–H and O–H groups in total. The number of hydrogen-bond donors (Lipinski definition) is 2. The number of hydrogen-bond acceptors (Lipinski definition) is 6. The molecule has 0 spiro atoms. The van der Waals surface area contributed by atoms with Crippen molar-refractivity contribution in [1.29, 1.82) is 0 Å². The van der Waals surface area contributed by atoms with Gasteiger partial charge < -0.3 is 10.6 Å². The van der Waals surface area contributed by atoms with E-state index in [4.69, 9.17) is 0 Å². The monoisotopic (exact) mass is 301 g/mol. The first-order valence-corrected chi connectivity index (χ1v) is 6.99. The Morgan fingerprint density at radius 1 is 1.18 bits per heavy atom. The molecule has 1 heterocycles. The molecule has 7 heteroatoms. The molecule has 1 aromatic heterocycles. The van der Waals surface area contributed by atoms with E-state index in [2.05, 4.69) is 20.6 Å². The molecular formula is C15H19N5O2. The quantitative estimate of drug-likeness (QED) is 0.648. The van der Waals surface area contributed by atoms with Gasteiger partial charge in [0.2, 0.25) is 11.6 Å². The Balaban J connectivity index is 2.46. The molecule has 0 unspecified atom stereocenters. The third-order valence-electron chi connectivity index (χ3n) is 3.29. The second kappa shape index (κ2) is 6.38. The molecule has 0 aliphatic heterocycles. The van der Waals surface area contributed by atoms with E-state index in [1.54, 1.807) is 0 Å². The standard InChI is InChI=1S/C15H19N5O2/c1-9(2)18-14-13(20(21)22)15(17-8-16-14)19-12-7-5-6-10(3)11(12)4/h5-9H,1-4H3,(H2,16,17,18,19). The molecule has 0 atom stereocenters. The Morgan fingerprint density at radius 2 is 1.86 bits per heavy atom. The molecule has 0 radical (unpaired) electrons. The molecular weight excluding hydrogens is 282 g/mol. The second-order valence-corrected chi connectivity index (χ2v) is 5.35. The van der Waals surface area contributed by atoms with Crippen LogP contribution in [0.4, 0.5) is 23.0 Å². The third kappa shape index (κ3) is 3.30. The number of benzene rings is 1. The van der Waals surface area contributed by atoms with Crippen molar-refractivity contribution in [1.82, 2.24) is 9.97 Å². The molecule has 2 aromatic rings. The summed E-state index contributed by atoms with van der Waals surface area (Å²) in [4.78, 5) is 18.9. The highest BCUT2D eigenvalue weighted by atomic mass is 16.6. The van der Waals surface area contributed by atoms with Gasteiger partial charge in [0.25, 0.3) is 0 Å². The lowest BCUT2D eigenvalue weighted by atomic mass is 10.1. The van der Waals surface area contributed by atoms with Crippen LogP contribution in [0.2, 0.25) is 0 Å². The number of anilines is 3. The van der Waals surface area contributed by atoms with E-state index in [0.717, 1.165) is 16.8 Å². The summed E-state index contributed by atoms with van der Waals surface area (Å²) in [5, 5.41) is 17.4. The lowest BCUT2D eigenvalue weighted by molar-refractivity contribution is -0.383. The van der Waals surface area contributed by atoms with Crippen molar-refractivity contribution in [3.8, 4) is 0 Å². The number of rotatable bonds is 5. The molecule has 0 saturated heterocycles. The van der Waals surface area contributed by atoms with Crippen molar-refractivity contribution in [3.05, 3.63) is 45.8 Å². The zero-order chi connectivity index (χ0) is 16.3. The zero-order valence-corrected chi connectivity index (χ0v) is 13.0. The largest absolute Gasteiger partial charge is 0.362 e. The lowest BCUT2D eigenvalue weighted by Crippen LogP contribution is -2.14. The fourth-order valence-corrected chi connectivity index (χ4v) is 2.04. The van der Waals surface area contributed by atoms with Crippen LogP contribution in [-0.2, 0) is 0 Å². The third-order valence-corrected chi connectivity index (χ3v) is 3.29. The Bertz CT molecular complexity index is 700. The normalized spacial score (nSPS) is 10.6. The molecule has 116 valence electrons. The van der Waals surface area contributed by atoms with Gasteiger partial charge in [0.05, 0.1) is 4.92 Å². The lowest BCUT2D eigenvalue weighted by Gasteiger charge is -2.13. The molecule has 2 rings (SSSR count). The van der Waals surface area contributed by atoms with Crippen molar-refractivity contribution < 1.29 is 4.92 Å². The average molecular weight is 301 g/mol. The number of nitro groups is 1. The fourth-order valence-electron chi connectivity index (χ4n) is 2.04. The van der Waals surface area contributed by atoms with E-state index in [0.29, 0.717) is 0 Å². The van der Waals surface area contributed by atoms with Gasteiger partial charge in [0.15, 0.2) is 0 Å². The minimum atomic E-state index is -0.474. The predicted octanol–water partition coefficient (Wildman–Crippen LogP) is 3.57. The van der Waals surface area contributed by atoms with Crippen LogP contribution in [0.1, 0.15) is 25.0 Å². The van der Waals surface area contributed by atoms with E-state index < -0.39 is 4.92 Å². The molecule has 0 saturated carbocycles. The summed E-state index contributed by atoms with van der Waals surface area (Å²) in [5.41, 5.74) is 2.76. The van der Waals surface area contributed by atoms with Crippen molar-refractivity contribution in [3.63, 3.8) is 0 Å². The van der Waals surface area contributed by atoms with Crippen LogP contribution in [0, 0.1) is 24.0 Å². The van der Waals surface area contributed by atoms with E-state index in [1.807, 2.05) is 45.9 Å². The summed E-state index contributed by atoms with van der Waals surface area (Å²) in [5.74, 6) is 0.389. The van der Waals surface area contributed by atoms with Gasteiger partial charge in [-0.2, -0.15) is 0 Å². The van der Waals surface area contributed by atoms with Crippen LogP contribution < -0.4 is 10.6 Å². The summed E-state index contributed by atoms with van der Waals surface area (Å²) in [7, 11) is 0. The SMILES string of the molecule is Cc1cccc(Nc2ncnc(NC(C)C)c2[N+](=O)[O-])c1C. The van der Waals surface area contributed by atoms with Crippen molar-refractivity contribution in [2.24, 2.45) is 0 Å². The van der Waals surface area contributed by atoms with Crippen molar-refractivity contribution in [2.45, 2.75) is 33.7 Å². The number of nitrogens with one attached hydrogen (secondary N) is 2. The molecule has 0 bridgehead atoms. The molecule has 0 aliphatic carbocycles. The molecule has 22 heavy (non-hydrogen) atoms. The van der Waals surface area contributed by atoms with Gasteiger partial charge in [0, 0.05) is 11.7 Å². The summed E-state index contributed by atoms with van der Waals surface area (Å²) in [6.07, 6.45) is 1.31. The maximum absolute atomic E-state index is 11.4. The van der Waals surface area contributed by atoms with Crippen LogP contribution in [-0.4, -0.2) is 20.9 Å². The molecule has 1 aromatic carbocycles. The number of aryl methyl sites for hydroxylation is 1. The Morgan fingerprint density at radius 3 is 2.50 bits per heavy atom. The van der Waals surface area contributed by atoms with Gasteiger partial charge in [-0.25, -0.2) is 9.97 Å². The summed E-state index contributed by atoms with van der Waals surface area (Å²) in [6.45, 7) is 7.73. The van der Waals surface area contributed by atoms with Crippen LogP contribution in [0.5, 0.6) is 0 Å². The van der Waals surface area contributed by atoms with Crippen LogP contribution in [0.15, 0.2) is 24.5 Å². The first-order chi connectivity index (χ1) is 10.4. The molecule has 7 nitrogen and oxygen atoms in total. The fraction of sp³-hybridized carbons (Fsp3) is 0.333. The second-order valence-electron chi connectivity index (χ2n) is 5.35. The van der Waals surface area contributed by atoms with Gasteiger partial charge in [-0.15, -0.1) is 0 Å². The topological polar surface area (TPSA) is 93.0 Å². The Labute approximate surface area is 129 Å². The number of aromatic nitrogens is 2. The highest BCUT2D eigenvalue weighted by Gasteiger charge is 2.23. The first kappa shape index (κ1) is 15.7. The summed E-state index contributed by atoms with van der Waals surface area (Å²) >= 11 is 0. The van der Waals surface area contributed by atoms with Gasteiger partial charge in [-0.3, -0.25) is 10.1 Å². The smallest absolute Gasteiger partial charge is 0.353 e. The zero-order valence-electron chi connectivity index (χ0n) is 13.0. The van der Waals surface area contributed by atoms with Gasteiger partial charge in [0.1, 0.15) is 6.33 Å². The van der Waals surface area contributed by atoms with Gasteiger partial charge in [-0.1, -0.05) is 12.1 Å². The number of nitrogens with zero attached hydrogens (tertiary/aromatic N) is 3. The van der Waals surface area contributed by atoms with Crippen molar-refractivity contribution >= 4 is 23.0 Å². The average Bonchev–Trinajstić information content (AvgIpc) is 2.43. The molecule has 0 aliphatic rings. The van der Waals surface area contributed by atoms with Crippen molar-refractivity contribution in [2.75, 3.05) is 10.6 Å². The van der Waals surface area contributed by atoms with Gasteiger partial charge >= 0.3 is 5.69 Å². The minimum absolute atomic E-state index is 0.0298. The minimum Gasteiger partial charge on any atom is -0.362 e. The Kier molecular flexibility index (Phi) is 4.55. The maximum atomic E-state index is 11.4. The summed E-state index contributed by atoms with van der Waals surface area (Å²) in [6, 6.07) is 5.78. The van der Waals surface area contributed by atoms with E-state index in [-0.39, 0.29) is 23.4 Å². The Hall–Kier alpha value is -2.70. The molecule has 0 fully saturated rings. The first-order valence-electron chi connectivity index (χ1n) is 6.99. The maximum Gasteiger partial charge on any atom is 0.353 e. The predicted molar refractivity (Wildman–Crippen MR) is 86.6 cm³/mol. The van der Waals surface area contributed by atoms with E-state index in [1.165, 1.54) is 6.33 Å².